The summed E-state index contributed by atoms with van der Waals surface area (Å²) in [6.45, 7) is 2.74. The van der Waals surface area contributed by atoms with Gasteiger partial charge in [0, 0.05) is 12.6 Å². The lowest BCUT2D eigenvalue weighted by Crippen LogP contribution is -2.25. The molecular weight excluding hydrogens is 208 g/mol. The first-order chi connectivity index (χ1) is 7.65. The minimum absolute atomic E-state index is 0.445. The van der Waals surface area contributed by atoms with Crippen LogP contribution >= 0.6 is 0 Å². The highest BCUT2D eigenvalue weighted by Crippen LogP contribution is 2.33. The topological polar surface area (TPSA) is 12.0 Å². The van der Waals surface area contributed by atoms with E-state index in [9.17, 15) is 8.78 Å². The van der Waals surface area contributed by atoms with Crippen LogP contribution in [-0.4, -0.2) is 6.04 Å². The van der Waals surface area contributed by atoms with E-state index >= 15 is 0 Å². The number of benzene rings is 1. The standard InChI is InChI=1S/C13H17F2N/c1-9(6-10-2-3-10)16-8-11-4-5-12(14)13(15)7-11/h4-5,7,9-10,16H,2-3,6,8H2,1H3. The Bertz CT molecular complexity index is 361. The molecule has 1 aromatic rings. The fraction of sp³-hybridized carbons (Fsp3) is 0.538. The third-order valence-corrected chi connectivity index (χ3v) is 3.02. The van der Waals surface area contributed by atoms with Crippen molar-refractivity contribution in [2.75, 3.05) is 0 Å². The fourth-order valence-corrected chi connectivity index (χ4v) is 1.88. The number of halogens is 2. The first-order valence-corrected chi connectivity index (χ1v) is 5.82. The first kappa shape index (κ1) is 11.5. The van der Waals surface area contributed by atoms with Crippen molar-refractivity contribution in [3.63, 3.8) is 0 Å². The predicted molar refractivity (Wildman–Crippen MR) is 60.0 cm³/mol. The maximum Gasteiger partial charge on any atom is 0.159 e. The Labute approximate surface area is 94.9 Å². The lowest BCUT2D eigenvalue weighted by Gasteiger charge is -2.13. The molecule has 0 bridgehead atoms. The van der Waals surface area contributed by atoms with E-state index in [0.717, 1.165) is 11.5 Å². The molecule has 16 heavy (non-hydrogen) atoms. The molecule has 88 valence electrons. The fourth-order valence-electron chi connectivity index (χ4n) is 1.88. The molecule has 0 amide bonds. The second-order valence-electron chi connectivity index (χ2n) is 4.71. The summed E-state index contributed by atoms with van der Waals surface area (Å²) < 4.78 is 25.6. The summed E-state index contributed by atoms with van der Waals surface area (Å²) in [5, 5.41) is 3.33. The molecular formula is C13H17F2N. The van der Waals surface area contributed by atoms with Crippen LogP contribution in [0.5, 0.6) is 0 Å². The van der Waals surface area contributed by atoms with Crippen molar-refractivity contribution in [1.29, 1.82) is 0 Å². The quantitative estimate of drug-likeness (QED) is 0.811. The zero-order valence-corrected chi connectivity index (χ0v) is 9.47. The highest BCUT2D eigenvalue weighted by molar-refractivity contribution is 5.17. The summed E-state index contributed by atoms with van der Waals surface area (Å²) in [5.74, 6) is -0.670. The molecule has 1 unspecified atom stereocenters. The van der Waals surface area contributed by atoms with Crippen LogP contribution < -0.4 is 5.32 Å². The van der Waals surface area contributed by atoms with Gasteiger partial charge >= 0.3 is 0 Å². The Balaban J connectivity index is 1.81. The highest BCUT2D eigenvalue weighted by atomic mass is 19.2. The SMILES string of the molecule is CC(CC1CC1)NCc1ccc(F)c(F)c1. The van der Waals surface area contributed by atoms with Crippen LogP contribution in [0.4, 0.5) is 8.78 Å². The van der Waals surface area contributed by atoms with Gasteiger partial charge in [-0.3, -0.25) is 0 Å². The molecule has 1 nitrogen and oxygen atoms in total. The Morgan fingerprint density at radius 2 is 2.06 bits per heavy atom. The molecule has 1 fully saturated rings. The molecule has 0 aliphatic heterocycles. The molecule has 1 saturated carbocycles. The van der Waals surface area contributed by atoms with Crippen molar-refractivity contribution in [3.05, 3.63) is 35.4 Å². The third-order valence-electron chi connectivity index (χ3n) is 3.02. The minimum Gasteiger partial charge on any atom is -0.310 e. The summed E-state index contributed by atoms with van der Waals surface area (Å²) in [6, 6.07) is 4.50. The average Bonchev–Trinajstić information content (AvgIpc) is 3.04. The average molecular weight is 225 g/mol. The molecule has 3 heteroatoms. The van der Waals surface area contributed by atoms with Crippen molar-refractivity contribution in [1.82, 2.24) is 5.32 Å². The van der Waals surface area contributed by atoms with Crippen LogP contribution in [0, 0.1) is 17.6 Å². The summed E-state index contributed by atoms with van der Waals surface area (Å²) in [5.41, 5.74) is 0.793. The summed E-state index contributed by atoms with van der Waals surface area (Å²) in [7, 11) is 0. The summed E-state index contributed by atoms with van der Waals surface area (Å²) >= 11 is 0. The Morgan fingerprint density at radius 1 is 1.31 bits per heavy atom. The number of nitrogens with one attached hydrogen (secondary N) is 1. The van der Waals surface area contributed by atoms with E-state index in [1.807, 2.05) is 0 Å². The van der Waals surface area contributed by atoms with Gasteiger partial charge in [0.25, 0.3) is 0 Å². The third kappa shape index (κ3) is 3.27. The Hall–Kier alpha value is -0.960. The van der Waals surface area contributed by atoms with Gasteiger partial charge in [0.15, 0.2) is 11.6 Å². The van der Waals surface area contributed by atoms with Gasteiger partial charge in [-0.2, -0.15) is 0 Å². The van der Waals surface area contributed by atoms with Crippen molar-refractivity contribution in [3.8, 4) is 0 Å². The highest BCUT2D eigenvalue weighted by Gasteiger charge is 2.23. The van der Waals surface area contributed by atoms with Crippen LogP contribution in [0.3, 0.4) is 0 Å². The summed E-state index contributed by atoms with van der Waals surface area (Å²) in [4.78, 5) is 0. The van der Waals surface area contributed by atoms with Crippen LogP contribution in [0.1, 0.15) is 31.7 Å². The van der Waals surface area contributed by atoms with Crippen molar-refractivity contribution in [2.24, 2.45) is 5.92 Å². The monoisotopic (exact) mass is 225 g/mol. The Kier molecular flexibility index (Phi) is 3.54. The van der Waals surface area contributed by atoms with Crippen molar-refractivity contribution in [2.45, 2.75) is 38.8 Å². The van der Waals surface area contributed by atoms with Crippen molar-refractivity contribution < 1.29 is 8.78 Å². The molecule has 0 spiro atoms. The molecule has 0 radical (unpaired) electrons. The van der Waals surface area contributed by atoms with E-state index in [-0.39, 0.29) is 0 Å². The van der Waals surface area contributed by atoms with Gasteiger partial charge in [0.2, 0.25) is 0 Å². The Morgan fingerprint density at radius 3 is 2.69 bits per heavy atom. The number of hydrogen-bond acceptors (Lipinski definition) is 1. The van der Waals surface area contributed by atoms with E-state index in [1.54, 1.807) is 6.07 Å². The minimum atomic E-state index is -0.783. The van der Waals surface area contributed by atoms with Gasteiger partial charge in [-0.1, -0.05) is 18.9 Å². The summed E-state index contributed by atoms with van der Waals surface area (Å²) in [6.07, 6.45) is 3.87. The lowest BCUT2D eigenvalue weighted by atomic mass is 10.1. The molecule has 1 aliphatic rings. The predicted octanol–water partition coefficient (Wildman–Crippen LogP) is 3.24. The molecule has 0 saturated heterocycles. The molecule has 1 N–H and O–H groups in total. The normalized spacial score (nSPS) is 17.4. The van der Waals surface area contributed by atoms with Crippen LogP contribution in [0.15, 0.2) is 18.2 Å². The smallest absolute Gasteiger partial charge is 0.159 e. The van der Waals surface area contributed by atoms with Crippen LogP contribution in [-0.2, 0) is 6.54 Å². The molecule has 0 aromatic heterocycles. The maximum atomic E-state index is 12.9. The largest absolute Gasteiger partial charge is 0.310 e. The second-order valence-corrected chi connectivity index (χ2v) is 4.71. The number of rotatable bonds is 5. The van der Waals surface area contributed by atoms with Gasteiger partial charge in [0.05, 0.1) is 0 Å². The van der Waals surface area contributed by atoms with E-state index in [1.165, 1.54) is 31.4 Å². The van der Waals surface area contributed by atoms with Crippen LogP contribution in [0.2, 0.25) is 0 Å². The second kappa shape index (κ2) is 4.91. The number of hydrogen-bond donors (Lipinski definition) is 1. The zero-order valence-electron chi connectivity index (χ0n) is 9.47. The van der Waals surface area contributed by atoms with Gasteiger partial charge in [0.1, 0.15) is 0 Å². The molecule has 2 rings (SSSR count). The lowest BCUT2D eigenvalue weighted by molar-refractivity contribution is 0.481. The molecule has 1 aromatic carbocycles. The zero-order chi connectivity index (χ0) is 11.5. The van der Waals surface area contributed by atoms with Gasteiger partial charge in [-0.25, -0.2) is 8.78 Å². The molecule has 0 heterocycles. The molecule has 1 aliphatic carbocycles. The van der Waals surface area contributed by atoms with Gasteiger partial charge < -0.3 is 5.32 Å². The van der Waals surface area contributed by atoms with E-state index in [4.69, 9.17) is 0 Å². The van der Waals surface area contributed by atoms with Crippen LogP contribution in [0.25, 0.3) is 0 Å². The van der Waals surface area contributed by atoms with E-state index in [2.05, 4.69) is 12.2 Å². The van der Waals surface area contributed by atoms with E-state index < -0.39 is 11.6 Å². The van der Waals surface area contributed by atoms with Crippen molar-refractivity contribution >= 4 is 0 Å². The van der Waals surface area contributed by atoms with Gasteiger partial charge in [-0.15, -0.1) is 0 Å². The molecule has 1 atom stereocenters. The van der Waals surface area contributed by atoms with E-state index in [0.29, 0.717) is 12.6 Å². The van der Waals surface area contributed by atoms with Gasteiger partial charge in [-0.05, 0) is 37.0 Å². The first-order valence-electron chi connectivity index (χ1n) is 5.82. The maximum absolute atomic E-state index is 12.9.